The molecule has 0 aliphatic heterocycles. The van der Waals surface area contributed by atoms with Crippen molar-refractivity contribution in [3.8, 4) is 0 Å². The number of aromatic nitrogens is 1. The van der Waals surface area contributed by atoms with E-state index in [4.69, 9.17) is 5.11 Å². The van der Waals surface area contributed by atoms with Gasteiger partial charge in [-0.1, -0.05) is 19.1 Å². The number of carboxylic acids is 1. The summed E-state index contributed by atoms with van der Waals surface area (Å²) < 4.78 is 15.3. The van der Waals surface area contributed by atoms with Crippen LogP contribution in [0, 0.1) is 23.1 Å². The van der Waals surface area contributed by atoms with Crippen molar-refractivity contribution in [2.75, 3.05) is 6.54 Å². The number of benzene rings is 1. The second-order valence-corrected chi connectivity index (χ2v) is 11.4. The van der Waals surface area contributed by atoms with Crippen LogP contribution in [0.3, 0.4) is 0 Å². The Kier molecular flexibility index (Phi) is 6.46. The van der Waals surface area contributed by atoms with E-state index in [-0.39, 0.29) is 36.0 Å². The number of nitrogens with zero attached hydrogens (tertiary/aromatic N) is 2. The minimum Gasteiger partial charge on any atom is -0.481 e. The van der Waals surface area contributed by atoms with Gasteiger partial charge in [0.1, 0.15) is 5.82 Å². The van der Waals surface area contributed by atoms with Gasteiger partial charge < -0.3 is 10.2 Å². The number of rotatable bonds is 5. The average Bonchev–Trinajstić information content (AvgIpc) is 3.12. The maximum Gasteiger partial charge on any atom is 0.305 e. The van der Waals surface area contributed by atoms with Crippen LogP contribution in [-0.4, -0.2) is 42.8 Å². The van der Waals surface area contributed by atoms with Crippen LogP contribution >= 0.6 is 22.9 Å². The molecule has 1 amide bonds. The number of allylic oxidation sites excluding steroid dienone is 1. The van der Waals surface area contributed by atoms with E-state index in [1.54, 1.807) is 6.20 Å². The zero-order chi connectivity index (χ0) is 24.9. The number of halogens is 2. The van der Waals surface area contributed by atoms with Gasteiger partial charge in [0.2, 0.25) is 0 Å². The maximum absolute atomic E-state index is 13.9. The van der Waals surface area contributed by atoms with E-state index in [1.807, 2.05) is 41.1 Å². The van der Waals surface area contributed by atoms with Crippen LogP contribution in [0.15, 0.2) is 42.7 Å². The number of amides is 1. The number of aliphatic hydroxyl groups is 1. The Balaban J connectivity index is 1.39. The second-order valence-electron chi connectivity index (χ2n) is 10.2. The van der Waals surface area contributed by atoms with Crippen molar-refractivity contribution >= 4 is 40.3 Å². The van der Waals surface area contributed by atoms with Gasteiger partial charge in [-0.3, -0.25) is 17.7 Å². The molecule has 0 unspecified atom stereocenters. The summed E-state index contributed by atoms with van der Waals surface area (Å²) in [5.41, 5.74) is 4.49. The summed E-state index contributed by atoms with van der Waals surface area (Å²) in [7, 11) is 0. The summed E-state index contributed by atoms with van der Waals surface area (Å²) in [4.78, 5) is 27.7. The fourth-order valence-corrected chi connectivity index (χ4v) is 7.31. The molecule has 0 spiro atoms. The van der Waals surface area contributed by atoms with Gasteiger partial charge >= 0.3 is 5.97 Å². The molecule has 1 aromatic carbocycles. The van der Waals surface area contributed by atoms with Crippen LogP contribution in [-0.2, 0) is 11.2 Å². The molecule has 35 heavy (non-hydrogen) atoms. The summed E-state index contributed by atoms with van der Waals surface area (Å²) in [6, 6.07) is 7.36. The lowest BCUT2D eigenvalue weighted by molar-refractivity contribution is -0.136. The van der Waals surface area contributed by atoms with E-state index in [9.17, 15) is 19.1 Å². The molecule has 2 aromatic rings. The van der Waals surface area contributed by atoms with Crippen molar-refractivity contribution < 1.29 is 24.2 Å². The van der Waals surface area contributed by atoms with Gasteiger partial charge in [-0.25, -0.2) is 4.39 Å². The fraction of sp³-hybridized carbons (Fsp3) is 0.444. The molecular formula is C27H28FIN2O4. The number of hydrogen-bond donors (Lipinski definition) is 2. The molecule has 1 aromatic heterocycles. The van der Waals surface area contributed by atoms with Crippen molar-refractivity contribution in [2.45, 2.75) is 51.0 Å². The first-order valence-electron chi connectivity index (χ1n) is 12.0. The molecule has 5 atom stereocenters. The number of carbonyl (C=O) groups is 2. The highest BCUT2D eigenvalue weighted by atomic mass is 127. The summed E-state index contributed by atoms with van der Waals surface area (Å²) in [5, 5.41) is 20.1. The summed E-state index contributed by atoms with van der Waals surface area (Å²) in [5.74, 6) is -0.836. The van der Waals surface area contributed by atoms with Gasteiger partial charge in [0, 0.05) is 24.2 Å². The van der Waals surface area contributed by atoms with E-state index < -0.39 is 12.1 Å². The molecule has 2 N–H and O–H groups in total. The Morgan fingerprint density at radius 2 is 2.06 bits per heavy atom. The van der Waals surface area contributed by atoms with Gasteiger partial charge in [0.05, 0.1) is 41.6 Å². The summed E-state index contributed by atoms with van der Waals surface area (Å²) in [6.07, 6.45) is 7.70. The van der Waals surface area contributed by atoms with Crippen molar-refractivity contribution in [3.63, 3.8) is 0 Å². The van der Waals surface area contributed by atoms with E-state index in [1.165, 1.54) is 26.5 Å². The number of carboxylic acid groups (broad SMARTS) is 1. The van der Waals surface area contributed by atoms with E-state index in [2.05, 4.69) is 18.0 Å². The van der Waals surface area contributed by atoms with E-state index in [0.29, 0.717) is 17.4 Å². The number of aliphatic hydroxyl groups excluding tert-OH is 1. The van der Waals surface area contributed by atoms with Gasteiger partial charge in [-0.15, -0.1) is 0 Å². The van der Waals surface area contributed by atoms with Gasteiger partial charge in [0.15, 0.2) is 0 Å². The van der Waals surface area contributed by atoms with Crippen molar-refractivity contribution in [2.24, 2.45) is 17.3 Å². The molecule has 0 radical (unpaired) electrons. The number of hydrogen-bond acceptors (Lipinski definition) is 4. The van der Waals surface area contributed by atoms with Crippen molar-refractivity contribution in [1.29, 1.82) is 0 Å². The van der Waals surface area contributed by atoms with E-state index >= 15 is 0 Å². The van der Waals surface area contributed by atoms with Gasteiger partial charge in [-0.2, -0.15) is 0 Å². The van der Waals surface area contributed by atoms with Gasteiger partial charge in [-0.05, 0) is 83.4 Å². The van der Waals surface area contributed by atoms with Crippen LogP contribution in [0.2, 0.25) is 0 Å². The Labute approximate surface area is 217 Å². The fourth-order valence-electron chi connectivity index (χ4n) is 6.79. The molecule has 8 heteroatoms. The minimum absolute atomic E-state index is 0.0508. The molecule has 5 rings (SSSR count). The minimum atomic E-state index is -0.930. The predicted octanol–water partition coefficient (Wildman–Crippen LogP) is 5.01. The SMILES string of the molecule is C[C@]12CC[C@@H]3c4ccc(C(=O)N(I)CCC(=O)O)cc4CC[C@H]3[C@@H]1[C@H](O)C=C2c1cncc(F)c1. The first-order chi connectivity index (χ1) is 16.7. The first-order valence-corrected chi connectivity index (χ1v) is 13.0. The quantitative estimate of drug-likeness (QED) is 0.378. The Morgan fingerprint density at radius 1 is 1.26 bits per heavy atom. The molecule has 1 fully saturated rings. The zero-order valence-electron chi connectivity index (χ0n) is 19.5. The maximum atomic E-state index is 13.9. The number of aryl methyl sites for hydroxylation is 1. The number of aliphatic carboxylic acids is 1. The van der Waals surface area contributed by atoms with Crippen LogP contribution in [0.25, 0.3) is 5.57 Å². The number of pyridine rings is 1. The number of carbonyl (C=O) groups excluding carboxylic acids is 1. The average molecular weight is 590 g/mol. The Bertz CT molecular complexity index is 1220. The van der Waals surface area contributed by atoms with Gasteiger partial charge in [0.25, 0.3) is 5.91 Å². The van der Waals surface area contributed by atoms with E-state index in [0.717, 1.165) is 36.8 Å². The standard InChI is InChI=1S/C27H28FIN2O4/c1-27-8-6-20-19-4-3-16(26(35)31(29)9-7-24(33)34)10-15(19)2-5-21(20)25(27)23(32)12-22(27)17-11-18(28)14-30-13-17/h3-4,10-14,20-21,23,25,32H,2,5-9H2,1H3,(H,33,34)/t20-,21-,23-,25-,27-/m1/s1. The lowest BCUT2D eigenvalue weighted by Gasteiger charge is -2.51. The van der Waals surface area contributed by atoms with Crippen LogP contribution < -0.4 is 0 Å². The van der Waals surface area contributed by atoms with Crippen LogP contribution in [0.5, 0.6) is 0 Å². The normalized spacial score (nSPS) is 29.0. The summed E-state index contributed by atoms with van der Waals surface area (Å²) >= 11 is 1.88. The Morgan fingerprint density at radius 3 is 2.80 bits per heavy atom. The number of fused-ring (bicyclic) bond motifs is 5. The molecule has 3 aliphatic rings. The molecular weight excluding hydrogens is 562 g/mol. The lowest BCUT2D eigenvalue weighted by atomic mass is 9.53. The molecule has 0 bridgehead atoms. The second kappa shape index (κ2) is 9.28. The molecule has 1 saturated carbocycles. The van der Waals surface area contributed by atoms with Crippen molar-refractivity contribution in [1.82, 2.24) is 8.10 Å². The molecule has 6 nitrogen and oxygen atoms in total. The largest absolute Gasteiger partial charge is 0.481 e. The highest BCUT2D eigenvalue weighted by Gasteiger charge is 2.55. The highest BCUT2D eigenvalue weighted by molar-refractivity contribution is 14.1. The monoisotopic (exact) mass is 590 g/mol. The molecule has 3 aliphatic carbocycles. The third-order valence-corrected chi connectivity index (χ3v) is 9.22. The smallest absolute Gasteiger partial charge is 0.305 e. The summed E-state index contributed by atoms with van der Waals surface area (Å²) in [6.45, 7) is 2.36. The van der Waals surface area contributed by atoms with Crippen LogP contribution in [0.1, 0.15) is 65.6 Å². The van der Waals surface area contributed by atoms with Crippen molar-refractivity contribution in [3.05, 3.63) is 70.8 Å². The predicted molar refractivity (Wildman–Crippen MR) is 137 cm³/mol. The van der Waals surface area contributed by atoms with Crippen LogP contribution in [0.4, 0.5) is 4.39 Å². The third kappa shape index (κ3) is 4.28. The molecule has 1 heterocycles. The molecule has 0 saturated heterocycles. The lowest BCUT2D eigenvalue weighted by Crippen LogP contribution is -2.45. The zero-order valence-corrected chi connectivity index (χ0v) is 21.6. The Hall–Kier alpha value is -2.33. The third-order valence-electron chi connectivity index (χ3n) is 8.30. The topological polar surface area (TPSA) is 90.7 Å². The molecule has 184 valence electrons. The highest BCUT2D eigenvalue weighted by Crippen LogP contribution is 2.63. The first kappa shape index (κ1) is 24.4.